The maximum atomic E-state index is 14.6. The summed E-state index contributed by atoms with van der Waals surface area (Å²) in [5.74, 6) is -2.51. The monoisotopic (exact) mass is 446 g/mol. The molecular weight excluding hydrogens is 431 g/mol. The molecule has 1 aliphatic rings. The SMILES string of the molecule is CN1C(=O)C(c2cncc(C(F)(F)F)c2)(c2ccc(F)c(-c3ccccc3F)c2)N=C1N. The largest absolute Gasteiger partial charge is 0.417 e. The van der Waals surface area contributed by atoms with Gasteiger partial charge in [0.25, 0.3) is 5.91 Å². The molecule has 5 nitrogen and oxygen atoms in total. The number of guanidine groups is 1. The predicted octanol–water partition coefficient (Wildman–Crippen LogP) is 4.08. The molecule has 4 rings (SSSR count). The molecule has 0 aliphatic carbocycles. The van der Waals surface area contributed by atoms with Crippen LogP contribution in [0.15, 0.2) is 65.9 Å². The normalized spacial score (nSPS) is 18.8. The lowest BCUT2D eigenvalue weighted by molar-refractivity contribution is -0.138. The molecule has 1 aliphatic heterocycles. The Morgan fingerprint density at radius 3 is 2.25 bits per heavy atom. The second-order valence-corrected chi connectivity index (χ2v) is 7.18. The average Bonchev–Trinajstić information content (AvgIpc) is 2.99. The molecule has 1 amide bonds. The molecule has 1 unspecified atom stereocenters. The predicted molar refractivity (Wildman–Crippen MR) is 106 cm³/mol. The van der Waals surface area contributed by atoms with Crippen LogP contribution in [0, 0.1) is 11.6 Å². The van der Waals surface area contributed by atoms with Crippen LogP contribution in [0.25, 0.3) is 11.1 Å². The zero-order valence-electron chi connectivity index (χ0n) is 16.5. The van der Waals surface area contributed by atoms with Gasteiger partial charge in [0.1, 0.15) is 11.6 Å². The van der Waals surface area contributed by atoms with Crippen molar-refractivity contribution in [3.63, 3.8) is 0 Å². The summed E-state index contributed by atoms with van der Waals surface area (Å²) in [6.45, 7) is 0. The second kappa shape index (κ2) is 7.40. The van der Waals surface area contributed by atoms with Gasteiger partial charge < -0.3 is 5.73 Å². The van der Waals surface area contributed by atoms with Crippen molar-refractivity contribution in [2.24, 2.45) is 10.7 Å². The van der Waals surface area contributed by atoms with Gasteiger partial charge in [-0.1, -0.05) is 24.3 Å². The summed E-state index contributed by atoms with van der Waals surface area (Å²) in [5.41, 5.74) is 2.20. The fourth-order valence-corrected chi connectivity index (χ4v) is 3.61. The highest BCUT2D eigenvalue weighted by molar-refractivity contribution is 6.09. The Bertz CT molecular complexity index is 1260. The number of benzene rings is 2. The van der Waals surface area contributed by atoms with Crippen molar-refractivity contribution in [1.29, 1.82) is 0 Å². The van der Waals surface area contributed by atoms with Gasteiger partial charge in [-0.05, 0) is 29.8 Å². The summed E-state index contributed by atoms with van der Waals surface area (Å²) in [4.78, 5) is 22.0. The van der Waals surface area contributed by atoms with Gasteiger partial charge in [-0.25, -0.2) is 13.8 Å². The summed E-state index contributed by atoms with van der Waals surface area (Å²) in [7, 11) is 1.31. The molecule has 0 saturated carbocycles. The first kappa shape index (κ1) is 21.4. The van der Waals surface area contributed by atoms with E-state index in [0.29, 0.717) is 6.20 Å². The van der Waals surface area contributed by atoms with Gasteiger partial charge in [0.05, 0.1) is 5.56 Å². The van der Waals surface area contributed by atoms with E-state index in [4.69, 9.17) is 5.73 Å². The van der Waals surface area contributed by atoms with Crippen molar-refractivity contribution in [2.75, 3.05) is 7.05 Å². The molecule has 32 heavy (non-hydrogen) atoms. The number of rotatable bonds is 3. The first-order valence-corrected chi connectivity index (χ1v) is 9.27. The van der Waals surface area contributed by atoms with Gasteiger partial charge in [0, 0.05) is 36.1 Å². The van der Waals surface area contributed by atoms with Gasteiger partial charge in [-0.15, -0.1) is 0 Å². The van der Waals surface area contributed by atoms with Gasteiger partial charge in [-0.2, -0.15) is 13.2 Å². The number of hydrogen-bond donors (Lipinski definition) is 1. The zero-order chi connectivity index (χ0) is 23.3. The van der Waals surface area contributed by atoms with Crippen LogP contribution < -0.4 is 5.73 Å². The third-order valence-electron chi connectivity index (χ3n) is 5.27. The van der Waals surface area contributed by atoms with E-state index in [-0.39, 0.29) is 28.2 Å². The Kier molecular flexibility index (Phi) is 4.95. The highest BCUT2D eigenvalue weighted by Crippen LogP contribution is 2.42. The number of pyridine rings is 1. The Morgan fingerprint density at radius 1 is 0.938 bits per heavy atom. The van der Waals surface area contributed by atoms with Crippen molar-refractivity contribution in [3.8, 4) is 11.1 Å². The van der Waals surface area contributed by atoms with E-state index in [1.54, 1.807) is 0 Å². The van der Waals surface area contributed by atoms with E-state index in [9.17, 15) is 26.7 Å². The summed E-state index contributed by atoms with van der Waals surface area (Å²) in [5, 5.41) is 0. The average molecular weight is 446 g/mol. The number of halogens is 5. The molecular formula is C22H15F5N4O. The highest BCUT2D eigenvalue weighted by Gasteiger charge is 2.50. The third-order valence-corrected chi connectivity index (χ3v) is 5.27. The minimum Gasteiger partial charge on any atom is -0.369 e. The third kappa shape index (κ3) is 3.28. The molecule has 2 N–H and O–H groups in total. The molecule has 0 saturated heterocycles. The molecule has 3 aromatic rings. The van der Waals surface area contributed by atoms with Crippen LogP contribution in [-0.2, 0) is 16.5 Å². The summed E-state index contributed by atoms with van der Waals surface area (Å²) < 4.78 is 69.0. The molecule has 0 fully saturated rings. The lowest BCUT2D eigenvalue weighted by atomic mass is 9.82. The lowest BCUT2D eigenvalue weighted by Gasteiger charge is -2.27. The van der Waals surface area contributed by atoms with E-state index in [1.165, 1.54) is 37.4 Å². The fraction of sp³-hybridized carbons (Fsp3) is 0.136. The van der Waals surface area contributed by atoms with Crippen LogP contribution >= 0.6 is 0 Å². The van der Waals surface area contributed by atoms with E-state index in [2.05, 4.69) is 9.98 Å². The number of likely N-dealkylation sites (N-methyl/N-ethyl adjacent to an activating group) is 1. The Hall–Kier alpha value is -3.82. The van der Waals surface area contributed by atoms with Crippen molar-refractivity contribution in [2.45, 2.75) is 11.7 Å². The minimum absolute atomic E-state index is 0.00979. The standard InChI is InChI=1S/C22H15F5N4O/c1-31-19(32)21(30-20(31)28,13-8-14(11-29-10-13)22(25,26)27)12-6-7-18(24)16(9-12)15-4-2-3-5-17(15)23/h2-11H,1H3,(H2,28,30). The topological polar surface area (TPSA) is 71.6 Å². The van der Waals surface area contributed by atoms with E-state index < -0.39 is 34.8 Å². The number of carbonyl (C=O) groups is 1. The maximum Gasteiger partial charge on any atom is 0.417 e. The Balaban J connectivity index is 2.00. The van der Waals surface area contributed by atoms with E-state index in [0.717, 1.165) is 29.3 Å². The molecule has 10 heteroatoms. The number of aliphatic imine (C=N–C) groups is 1. The second-order valence-electron chi connectivity index (χ2n) is 7.18. The number of nitrogens with two attached hydrogens (primary N) is 1. The van der Waals surface area contributed by atoms with Crippen molar-refractivity contribution < 1.29 is 26.7 Å². The van der Waals surface area contributed by atoms with Gasteiger partial charge in [0.15, 0.2) is 11.5 Å². The molecule has 1 atom stereocenters. The smallest absolute Gasteiger partial charge is 0.369 e. The summed E-state index contributed by atoms with van der Waals surface area (Å²) >= 11 is 0. The number of alkyl halides is 3. The van der Waals surface area contributed by atoms with Gasteiger partial charge in [-0.3, -0.25) is 14.7 Å². The lowest BCUT2D eigenvalue weighted by Crippen LogP contribution is -2.41. The number of hydrogen-bond acceptors (Lipinski definition) is 4. The highest BCUT2D eigenvalue weighted by atomic mass is 19.4. The van der Waals surface area contributed by atoms with Gasteiger partial charge in [0.2, 0.25) is 0 Å². The van der Waals surface area contributed by atoms with E-state index >= 15 is 0 Å². The van der Waals surface area contributed by atoms with Crippen molar-refractivity contribution in [1.82, 2.24) is 9.88 Å². The van der Waals surface area contributed by atoms with Crippen LogP contribution in [-0.4, -0.2) is 28.8 Å². The van der Waals surface area contributed by atoms with Crippen LogP contribution in [0.2, 0.25) is 0 Å². The number of carbonyl (C=O) groups excluding carboxylic acids is 1. The van der Waals surface area contributed by atoms with Crippen LogP contribution in [0.4, 0.5) is 22.0 Å². The first-order valence-electron chi connectivity index (χ1n) is 9.27. The molecule has 0 radical (unpaired) electrons. The first-order chi connectivity index (χ1) is 15.1. The molecule has 0 bridgehead atoms. The number of aromatic nitrogens is 1. The zero-order valence-corrected chi connectivity index (χ0v) is 16.5. The maximum absolute atomic E-state index is 14.6. The molecule has 0 spiro atoms. The molecule has 2 aromatic carbocycles. The molecule has 2 heterocycles. The van der Waals surface area contributed by atoms with Gasteiger partial charge >= 0.3 is 6.18 Å². The van der Waals surface area contributed by atoms with Crippen molar-refractivity contribution in [3.05, 3.63) is 89.2 Å². The summed E-state index contributed by atoms with van der Waals surface area (Å²) in [6, 6.07) is 9.53. The minimum atomic E-state index is -4.73. The Morgan fingerprint density at radius 2 is 1.62 bits per heavy atom. The van der Waals surface area contributed by atoms with Crippen LogP contribution in [0.5, 0.6) is 0 Å². The van der Waals surface area contributed by atoms with Crippen molar-refractivity contribution >= 4 is 11.9 Å². The van der Waals surface area contributed by atoms with Crippen LogP contribution in [0.1, 0.15) is 16.7 Å². The fourth-order valence-electron chi connectivity index (χ4n) is 3.61. The quantitative estimate of drug-likeness (QED) is 0.617. The Labute approximate surface area is 179 Å². The van der Waals surface area contributed by atoms with E-state index in [1.807, 2.05) is 0 Å². The molecule has 164 valence electrons. The number of nitrogens with zero attached hydrogens (tertiary/aromatic N) is 3. The summed E-state index contributed by atoms with van der Waals surface area (Å²) in [6.07, 6.45) is -3.05. The molecule has 1 aromatic heterocycles. The number of amides is 1. The van der Waals surface area contributed by atoms with Crippen LogP contribution in [0.3, 0.4) is 0 Å².